The van der Waals surface area contributed by atoms with Crippen LogP contribution in [0.1, 0.15) is 38.7 Å². The second kappa shape index (κ2) is 6.39. The number of nitrogens with one attached hydrogen (secondary N) is 1. The Morgan fingerprint density at radius 2 is 1.78 bits per heavy atom. The number of halogens is 2. The Morgan fingerprint density at radius 3 is 2.39 bits per heavy atom. The molecule has 23 heavy (non-hydrogen) atoms. The van der Waals surface area contributed by atoms with Gasteiger partial charge in [0.05, 0.1) is 0 Å². The zero-order valence-electron chi connectivity index (χ0n) is 13.2. The van der Waals surface area contributed by atoms with Crippen LogP contribution in [0.15, 0.2) is 28.2 Å². The van der Waals surface area contributed by atoms with Crippen molar-refractivity contribution in [2.24, 2.45) is 5.92 Å². The summed E-state index contributed by atoms with van der Waals surface area (Å²) < 4.78 is 53.3. The molecule has 0 radical (unpaired) electrons. The number of aryl methyl sites for hydroxylation is 1. The number of carbonyl (C=O) groups excluding carboxylic acids is 1. The molecule has 126 valence electrons. The predicted molar refractivity (Wildman–Crippen MR) is 82.1 cm³/mol. The van der Waals surface area contributed by atoms with Crippen LogP contribution >= 0.6 is 0 Å². The van der Waals surface area contributed by atoms with E-state index in [1.807, 2.05) is 18.6 Å². The Kier molecular flexibility index (Phi) is 4.89. The molecule has 0 aromatic heterocycles. The minimum atomic E-state index is -4.37. The van der Waals surface area contributed by atoms with Crippen molar-refractivity contribution >= 4 is 15.9 Å². The molecule has 1 unspecified atom stereocenters. The second-order valence-electron chi connectivity index (χ2n) is 6.00. The first-order valence-electron chi connectivity index (χ1n) is 7.29. The average Bonchev–Trinajstić information content (AvgIpc) is 2.45. The van der Waals surface area contributed by atoms with Crippen LogP contribution in [0, 0.1) is 24.5 Å². The molecule has 1 aliphatic rings. The monoisotopic (exact) mass is 343 g/mol. The number of benzene rings is 1. The summed E-state index contributed by atoms with van der Waals surface area (Å²) in [6.07, 6.45) is 1.77. The maximum atomic E-state index is 13.8. The molecule has 0 saturated heterocycles. The fourth-order valence-corrected chi connectivity index (χ4v) is 3.77. The fraction of sp³-hybridized carbons (Fsp3) is 0.438. The van der Waals surface area contributed by atoms with Gasteiger partial charge in [-0.1, -0.05) is 11.1 Å². The minimum absolute atomic E-state index is 0.00806. The van der Waals surface area contributed by atoms with Crippen molar-refractivity contribution in [2.45, 2.75) is 44.9 Å². The number of hydrogen-bond donors (Lipinski definition) is 1. The van der Waals surface area contributed by atoms with E-state index in [0.717, 1.165) is 18.1 Å². The summed E-state index contributed by atoms with van der Waals surface area (Å²) >= 11 is 0. The zero-order valence-corrected chi connectivity index (χ0v) is 14.1. The highest BCUT2D eigenvalue weighted by atomic mass is 32.2. The van der Waals surface area contributed by atoms with E-state index in [1.165, 1.54) is 12.5 Å². The van der Waals surface area contributed by atoms with E-state index in [9.17, 15) is 22.0 Å². The third-order valence-electron chi connectivity index (χ3n) is 4.26. The van der Waals surface area contributed by atoms with E-state index in [4.69, 9.17) is 0 Å². The van der Waals surface area contributed by atoms with Crippen LogP contribution in [-0.4, -0.2) is 14.3 Å². The normalized spacial score (nSPS) is 18.9. The molecule has 0 saturated carbocycles. The van der Waals surface area contributed by atoms with E-state index < -0.39 is 38.4 Å². The molecule has 1 aromatic rings. The van der Waals surface area contributed by atoms with E-state index in [-0.39, 0.29) is 5.56 Å². The van der Waals surface area contributed by atoms with E-state index in [2.05, 4.69) is 0 Å². The highest BCUT2D eigenvalue weighted by Crippen LogP contribution is 2.29. The number of hydrogen-bond acceptors (Lipinski definition) is 3. The van der Waals surface area contributed by atoms with Crippen LogP contribution in [0.25, 0.3) is 0 Å². The standard InChI is InChI=1S/C16H19F2NO3S/c1-9-4-5-12(6-10(9)2)16(20)19-23(21,22)15-7-11(3)13(17)8-14(15)18/h7-8,12H,4-6H2,1-3H3,(H,19,20). The van der Waals surface area contributed by atoms with E-state index in [1.54, 1.807) is 0 Å². The third kappa shape index (κ3) is 3.77. The van der Waals surface area contributed by atoms with Gasteiger partial charge in [0.2, 0.25) is 5.91 Å². The first-order chi connectivity index (χ1) is 10.6. The molecule has 4 nitrogen and oxygen atoms in total. The minimum Gasteiger partial charge on any atom is -0.274 e. The lowest BCUT2D eigenvalue weighted by Gasteiger charge is -2.23. The maximum Gasteiger partial charge on any atom is 0.266 e. The van der Waals surface area contributed by atoms with Crippen LogP contribution in [0.2, 0.25) is 0 Å². The van der Waals surface area contributed by atoms with Crippen LogP contribution in [0.4, 0.5) is 8.78 Å². The lowest BCUT2D eigenvalue weighted by atomic mass is 9.85. The smallest absolute Gasteiger partial charge is 0.266 e. The summed E-state index contributed by atoms with van der Waals surface area (Å²) in [5.41, 5.74) is 2.26. The summed E-state index contributed by atoms with van der Waals surface area (Å²) in [5, 5.41) is 0. The van der Waals surface area contributed by atoms with Gasteiger partial charge in [0.15, 0.2) is 0 Å². The summed E-state index contributed by atoms with van der Waals surface area (Å²) in [5.74, 6) is -3.17. The van der Waals surface area contributed by atoms with Gasteiger partial charge in [0, 0.05) is 12.0 Å². The number of rotatable bonds is 3. The van der Waals surface area contributed by atoms with E-state index >= 15 is 0 Å². The molecule has 1 N–H and O–H groups in total. The molecule has 7 heteroatoms. The second-order valence-corrected chi connectivity index (χ2v) is 7.65. The van der Waals surface area contributed by atoms with Crippen molar-refractivity contribution in [1.82, 2.24) is 4.72 Å². The first kappa shape index (κ1) is 17.6. The van der Waals surface area contributed by atoms with Crippen LogP contribution in [0.5, 0.6) is 0 Å². The predicted octanol–water partition coefficient (Wildman–Crippen LogP) is 3.21. The van der Waals surface area contributed by atoms with Gasteiger partial charge in [-0.2, -0.15) is 0 Å². The Hall–Kier alpha value is -1.76. The van der Waals surface area contributed by atoms with Crippen molar-refractivity contribution in [3.05, 3.63) is 40.5 Å². The SMILES string of the molecule is CC1=C(C)CC(C(=O)NS(=O)(=O)c2cc(C)c(F)cc2F)CC1. The van der Waals surface area contributed by atoms with Gasteiger partial charge in [-0.25, -0.2) is 21.9 Å². The van der Waals surface area contributed by atoms with Gasteiger partial charge in [0.25, 0.3) is 10.0 Å². The summed E-state index contributed by atoms with van der Waals surface area (Å²) in [7, 11) is -4.37. The quantitative estimate of drug-likeness (QED) is 0.857. The highest BCUT2D eigenvalue weighted by molar-refractivity contribution is 7.90. The number of sulfonamides is 1. The summed E-state index contributed by atoms with van der Waals surface area (Å²) in [6, 6.07) is 1.39. The molecule has 1 aromatic carbocycles. The lowest BCUT2D eigenvalue weighted by Crippen LogP contribution is -2.37. The van der Waals surface area contributed by atoms with Gasteiger partial charge in [-0.05, 0) is 51.7 Å². The van der Waals surface area contributed by atoms with Crippen LogP contribution in [-0.2, 0) is 14.8 Å². The van der Waals surface area contributed by atoms with Gasteiger partial charge in [0.1, 0.15) is 16.5 Å². The van der Waals surface area contributed by atoms with Crippen molar-refractivity contribution < 1.29 is 22.0 Å². The number of amides is 1. The Balaban J connectivity index is 2.22. The molecule has 0 bridgehead atoms. The average molecular weight is 343 g/mol. The maximum absolute atomic E-state index is 13.8. The van der Waals surface area contributed by atoms with Crippen LogP contribution in [0.3, 0.4) is 0 Å². The van der Waals surface area contributed by atoms with Crippen LogP contribution < -0.4 is 4.72 Å². The largest absolute Gasteiger partial charge is 0.274 e. The van der Waals surface area contributed by atoms with Gasteiger partial charge in [-0.3, -0.25) is 4.79 Å². The van der Waals surface area contributed by atoms with Crippen molar-refractivity contribution in [1.29, 1.82) is 0 Å². The molecule has 0 heterocycles. The molecule has 0 spiro atoms. The molecular formula is C16H19F2NO3S. The lowest BCUT2D eigenvalue weighted by molar-refractivity contribution is -0.123. The van der Waals surface area contributed by atoms with Crippen molar-refractivity contribution in [3.8, 4) is 0 Å². The molecule has 1 aliphatic carbocycles. The molecular weight excluding hydrogens is 324 g/mol. The number of carbonyl (C=O) groups is 1. The molecule has 0 aliphatic heterocycles. The molecule has 1 atom stereocenters. The van der Waals surface area contributed by atoms with Crippen molar-refractivity contribution in [2.75, 3.05) is 0 Å². The third-order valence-corrected chi connectivity index (χ3v) is 5.62. The first-order valence-corrected chi connectivity index (χ1v) is 8.77. The topological polar surface area (TPSA) is 63.2 Å². The molecule has 2 rings (SSSR count). The Labute approximate surface area is 134 Å². The zero-order chi connectivity index (χ0) is 17.4. The Morgan fingerprint density at radius 1 is 1.13 bits per heavy atom. The van der Waals surface area contributed by atoms with E-state index in [0.29, 0.717) is 18.9 Å². The number of allylic oxidation sites excluding steroid dienone is 2. The van der Waals surface area contributed by atoms with Gasteiger partial charge in [-0.15, -0.1) is 0 Å². The van der Waals surface area contributed by atoms with Crippen molar-refractivity contribution in [3.63, 3.8) is 0 Å². The molecule has 1 amide bonds. The van der Waals surface area contributed by atoms with Gasteiger partial charge < -0.3 is 0 Å². The van der Waals surface area contributed by atoms with Gasteiger partial charge >= 0.3 is 0 Å². The Bertz CT molecular complexity index is 785. The highest BCUT2D eigenvalue weighted by Gasteiger charge is 2.29. The fourth-order valence-electron chi connectivity index (χ4n) is 2.58. The summed E-state index contributed by atoms with van der Waals surface area (Å²) in [6.45, 7) is 5.22. The summed E-state index contributed by atoms with van der Waals surface area (Å²) in [4.78, 5) is 11.5. The molecule has 0 fully saturated rings.